The zero-order valence-corrected chi connectivity index (χ0v) is 8.94. The molecule has 1 aliphatic carbocycles. The van der Waals surface area contributed by atoms with Crippen molar-refractivity contribution in [1.29, 1.82) is 0 Å². The van der Waals surface area contributed by atoms with E-state index in [9.17, 15) is 4.79 Å². The first-order chi connectivity index (χ1) is 7.66. The molecule has 1 heterocycles. The topological polar surface area (TPSA) is 88.2 Å². The molecule has 4 N–H and O–H groups in total. The standard InChI is InChI=1S/C11H15N3O2/c12-9-6-14-10(5-8(9)11(15)16)13-4-3-7-1-2-7/h5-7H,1-4,12H2,(H,13,14)(H,15,16). The molecule has 0 atom stereocenters. The molecule has 0 bridgehead atoms. The maximum Gasteiger partial charge on any atom is 0.337 e. The quantitative estimate of drug-likeness (QED) is 0.702. The van der Waals surface area contributed by atoms with Gasteiger partial charge in [-0.2, -0.15) is 0 Å². The molecule has 1 aromatic rings. The van der Waals surface area contributed by atoms with Crippen molar-refractivity contribution in [2.75, 3.05) is 17.6 Å². The van der Waals surface area contributed by atoms with Gasteiger partial charge in [-0.1, -0.05) is 12.8 Å². The van der Waals surface area contributed by atoms with Crippen molar-refractivity contribution < 1.29 is 9.90 Å². The highest BCUT2D eigenvalue weighted by Crippen LogP contribution is 2.32. The maximum atomic E-state index is 10.8. The molecule has 1 aliphatic rings. The SMILES string of the molecule is Nc1cnc(NCCC2CC2)cc1C(=O)O. The number of hydrogen-bond acceptors (Lipinski definition) is 4. The summed E-state index contributed by atoms with van der Waals surface area (Å²) in [6.45, 7) is 0.834. The van der Waals surface area contributed by atoms with Crippen molar-refractivity contribution in [2.45, 2.75) is 19.3 Å². The molecular formula is C11H15N3O2. The molecule has 5 nitrogen and oxygen atoms in total. The fraction of sp³-hybridized carbons (Fsp3) is 0.455. The molecule has 0 amide bonds. The van der Waals surface area contributed by atoms with Crippen molar-refractivity contribution >= 4 is 17.5 Å². The number of pyridine rings is 1. The number of nitrogens with one attached hydrogen (secondary N) is 1. The van der Waals surface area contributed by atoms with E-state index in [2.05, 4.69) is 10.3 Å². The Balaban J connectivity index is 1.97. The number of aromatic carboxylic acids is 1. The van der Waals surface area contributed by atoms with Gasteiger partial charge in [0, 0.05) is 6.54 Å². The van der Waals surface area contributed by atoms with Crippen LogP contribution in [0.1, 0.15) is 29.6 Å². The number of hydrogen-bond donors (Lipinski definition) is 3. The monoisotopic (exact) mass is 221 g/mol. The third kappa shape index (κ3) is 2.62. The predicted octanol–water partition coefficient (Wildman–Crippen LogP) is 1.57. The Kier molecular flexibility index (Phi) is 2.94. The Morgan fingerprint density at radius 1 is 1.62 bits per heavy atom. The third-order valence-electron chi connectivity index (χ3n) is 2.72. The van der Waals surface area contributed by atoms with Gasteiger partial charge in [-0.15, -0.1) is 0 Å². The summed E-state index contributed by atoms with van der Waals surface area (Å²) in [6.07, 6.45) is 5.13. The molecule has 0 aliphatic heterocycles. The number of carboxylic acids is 1. The number of anilines is 2. The van der Waals surface area contributed by atoms with E-state index in [1.165, 1.54) is 25.1 Å². The van der Waals surface area contributed by atoms with Crippen LogP contribution in [0.15, 0.2) is 12.3 Å². The van der Waals surface area contributed by atoms with Crippen molar-refractivity contribution in [3.8, 4) is 0 Å². The van der Waals surface area contributed by atoms with Crippen molar-refractivity contribution in [2.24, 2.45) is 5.92 Å². The van der Waals surface area contributed by atoms with Crippen LogP contribution in [0.25, 0.3) is 0 Å². The van der Waals surface area contributed by atoms with E-state index < -0.39 is 5.97 Å². The van der Waals surface area contributed by atoms with Crippen LogP contribution in [0, 0.1) is 5.92 Å². The minimum Gasteiger partial charge on any atom is -0.478 e. The summed E-state index contributed by atoms with van der Waals surface area (Å²) in [7, 11) is 0. The Labute approximate surface area is 93.7 Å². The van der Waals surface area contributed by atoms with E-state index in [4.69, 9.17) is 10.8 Å². The van der Waals surface area contributed by atoms with E-state index >= 15 is 0 Å². The van der Waals surface area contributed by atoms with Crippen LogP contribution < -0.4 is 11.1 Å². The largest absolute Gasteiger partial charge is 0.478 e. The van der Waals surface area contributed by atoms with Crippen molar-refractivity contribution in [3.63, 3.8) is 0 Å². The molecule has 2 rings (SSSR count). The van der Waals surface area contributed by atoms with Crippen LogP contribution in [0.5, 0.6) is 0 Å². The van der Waals surface area contributed by atoms with E-state index in [0.29, 0.717) is 5.82 Å². The molecule has 0 saturated heterocycles. The highest BCUT2D eigenvalue weighted by Gasteiger charge is 2.20. The minimum atomic E-state index is -1.02. The Morgan fingerprint density at radius 3 is 3.00 bits per heavy atom. The predicted molar refractivity (Wildman–Crippen MR) is 61.4 cm³/mol. The summed E-state index contributed by atoms with van der Waals surface area (Å²) < 4.78 is 0. The van der Waals surface area contributed by atoms with E-state index in [-0.39, 0.29) is 11.3 Å². The molecule has 0 unspecified atom stereocenters. The molecule has 1 fully saturated rings. The van der Waals surface area contributed by atoms with Gasteiger partial charge in [0.1, 0.15) is 5.82 Å². The highest BCUT2D eigenvalue weighted by molar-refractivity contribution is 5.94. The van der Waals surface area contributed by atoms with Gasteiger partial charge >= 0.3 is 5.97 Å². The van der Waals surface area contributed by atoms with Crippen LogP contribution in [-0.4, -0.2) is 22.6 Å². The van der Waals surface area contributed by atoms with Crippen LogP contribution in [0.4, 0.5) is 11.5 Å². The van der Waals surface area contributed by atoms with Crippen LogP contribution in [-0.2, 0) is 0 Å². The average molecular weight is 221 g/mol. The van der Waals surface area contributed by atoms with Crippen LogP contribution >= 0.6 is 0 Å². The number of carbonyl (C=O) groups is 1. The first-order valence-electron chi connectivity index (χ1n) is 5.39. The molecule has 0 spiro atoms. The fourth-order valence-corrected chi connectivity index (χ4v) is 1.56. The lowest BCUT2D eigenvalue weighted by Gasteiger charge is -2.07. The summed E-state index contributed by atoms with van der Waals surface area (Å²) in [5.74, 6) is 0.401. The van der Waals surface area contributed by atoms with E-state index in [1.54, 1.807) is 0 Å². The first-order valence-corrected chi connectivity index (χ1v) is 5.39. The average Bonchev–Trinajstić information content (AvgIpc) is 3.04. The van der Waals surface area contributed by atoms with Gasteiger partial charge in [0.15, 0.2) is 0 Å². The molecule has 1 saturated carbocycles. The van der Waals surface area contributed by atoms with Gasteiger partial charge < -0.3 is 16.2 Å². The zero-order chi connectivity index (χ0) is 11.5. The minimum absolute atomic E-state index is 0.101. The first kappa shape index (κ1) is 10.7. The lowest BCUT2D eigenvalue weighted by molar-refractivity contribution is 0.0698. The summed E-state index contributed by atoms with van der Waals surface area (Å²) in [5.41, 5.74) is 5.80. The number of nitrogen functional groups attached to an aromatic ring is 1. The lowest BCUT2D eigenvalue weighted by atomic mass is 10.2. The Morgan fingerprint density at radius 2 is 2.38 bits per heavy atom. The number of nitrogens with zero attached hydrogens (tertiary/aromatic N) is 1. The van der Waals surface area contributed by atoms with E-state index in [1.807, 2.05) is 0 Å². The number of rotatable bonds is 5. The van der Waals surface area contributed by atoms with E-state index in [0.717, 1.165) is 18.9 Å². The van der Waals surface area contributed by atoms with Crippen LogP contribution in [0.3, 0.4) is 0 Å². The summed E-state index contributed by atoms with van der Waals surface area (Å²) in [5, 5.41) is 12.0. The Hall–Kier alpha value is -1.78. The second kappa shape index (κ2) is 4.38. The molecule has 0 aromatic carbocycles. The number of nitrogens with two attached hydrogens (primary N) is 1. The molecule has 5 heteroatoms. The normalized spacial score (nSPS) is 14.8. The van der Waals surface area contributed by atoms with Crippen LogP contribution in [0.2, 0.25) is 0 Å². The summed E-state index contributed by atoms with van der Waals surface area (Å²) in [4.78, 5) is 14.9. The number of aromatic nitrogens is 1. The molecule has 86 valence electrons. The Bertz CT molecular complexity index is 402. The van der Waals surface area contributed by atoms with Gasteiger partial charge in [0.2, 0.25) is 0 Å². The molecular weight excluding hydrogens is 206 g/mol. The van der Waals surface area contributed by atoms with Gasteiger partial charge in [-0.05, 0) is 18.4 Å². The second-order valence-corrected chi connectivity index (χ2v) is 4.12. The van der Waals surface area contributed by atoms with Gasteiger partial charge in [-0.3, -0.25) is 0 Å². The molecule has 16 heavy (non-hydrogen) atoms. The molecule has 1 aromatic heterocycles. The fourth-order valence-electron chi connectivity index (χ4n) is 1.56. The maximum absolute atomic E-state index is 10.8. The second-order valence-electron chi connectivity index (χ2n) is 4.12. The van der Waals surface area contributed by atoms with Gasteiger partial charge in [0.25, 0.3) is 0 Å². The third-order valence-corrected chi connectivity index (χ3v) is 2.72. The summed E-state index contributed by atoms with van der Waals surface area (Å²) >= 11 is 0. The zero-order valence-electron chi connectivity index (χ0n) is 8.94. The molecule has 0 radical (unpaired) electrons. The van der Waals surface area contributed by atoms with Gasteiger partial charge in [-0.25, -0.2) is 9.78 Å². The van der Waals surface area contributed by atoms with Crippen molar-refractivity contribution in [3.05, 3.63) is 17.8 Å². The lowest BCUT2D eigenvalue weighted by Crippen LogP contribution is -2.08. The highest BCUT2D eigenvalue weighted by atomic mass is 16.4. The van der Waals surface area contributed by atoms with Gasteiger partial charge in [0.05, 0.1) is 17.4 Å². The smallest absolute Gasteiger partial charge is 0.337 e. The van der Waals surface area contributed by atoms with Crippen molar-refractivity contribution in [1.82, 2.24) is 4.98 Å². The summed E-state index contributed by atoms with van der Waals surface area (Å²) in [6, 6.07) is 1.48. The number of carboxylic acid groups (broad SMARTS) is 1.